The van der Waals surface area contributed by atoms with Crippen molar-refractivity contribution in [3.8, 4) is 0 Å². The van der Waals surface area contributed by atoms with E-state index in [0.29, 0.717) is 23.8 Å². The number of carbonyl (C=O) groups is 1. The molecule has 0 aliphatic carbocycles. The first-order chi connectivity index (χ1) is 12.8. The van der Waals surface area contributed by atoms with Crippen molar-refractivity contribution in [2.45, 2.75) is 12.6 Å². The van der Waals surface area contributed by atoms with Gasteiger partial charge in [0.05, 0.1) is 5.56 Å². The van der Waals surface area contributed by atoms with Gasteiger partial charge in [0.1, 0.15) is 0 Å². The number of benzene rings is 1. The summed E-state index contributed by atoms with van der Waals surface area (Å²) in [5.41, 5.74) is 2.27. The Bertz CT molecular complexity index is 884. The minimum absolute atomic E-state index is 0.138. The fourth-order valence-corrected chi connectivity index (χ4v) is 4.28. The minimum atomic E-state index is -0.138. The second-order valence-electron chi connectivity index (χ2n) is 6.26. The molecular weight excluding hydrogens is 348 g/mol. The largest absolute Gasteiger partial charge is 0.350 e. The maximum Gasteiger partial charge on any atom is 0.255 e. The minimum Gasteiger partial charge on any atom is -0.350 e. The number of hydrogen-bond donors (Lipinski definition) is 1. The predicted octanol–water partition coefficient (Wildman–Crippen LogP) is 1.47. The van der Waals surface area contributed by atoms with Crippen LogP contribution in [0.2, 0.25) is 0 Å². The predicted molar refractivity (Wildman–Crippen MR) is 101 cm³/mol. The third-order valence-corrected chi connectivity index (χ3v) is 5.64. The smallest absolute Gasteiger partial charge is 0.255 e. The lowest BCUT2D eigenvalue weighted by atomic mass is 10.1. The number of fused-ring (bicyclic) bond motifs is 1. The summed E-state index contributed by atoms with van der Waals surface area (Å²) in [6.07, 6.45) is 1.73. The Morgan fingerprint density at radius 3 is 3.00 bits per heavy atom. The highest BCUT2D eigenvalue weighted by molar-refractivity contribution is 7.99. The SMILES string of the molecule is O=C(NCC1CSCCN1Cc1ccccc1)c1cccn2nnnc12. The number of aromatic nitrogens is 4. The summed E-state index contributed by atoms with van der Waals surface area (Å²) >= 11 is 1.94. The Hall–Kier alpha value is -2.45. The standard InChI is InChI=1S/C18H20N6OS/c25-18(16-7-4-8-24-17(16)20-21-22-24)19-11-15-13-26-10-9-23(15)12-14-5-2-1-3-6-14/h1-8,15H,9-13H2,(H,19,25). The molecule has 0 bridgehead atoms. The van der Waals surface area contributed by atoms with E-state index in [1.165, 1.54) is 10.1 Å². The van der Waals surface area contributed by atoms with Crippen LogP contribution in [0.3, 0.4) is 0 Å². The number of amides is 1. The summed E-state index contributed by atoms with van der Waals surface area (Å²) in [7, 11) is 0. The Balaban J connectivity index is 1.42. The van der Waals surface area contributed by atoms with E-state index in [9.17, 15) is 4.79 Å². The van der Waals surface area contributed by atoms with Crippen LogP contribution < -0.4 is 5.32 Å². The van der Waals surface area contributed by atoms with Crippen LogP contribution in [-0.2, 0) is 6.54 Å². The van der Waals surface area contributed by atoms with Gasteiger partial charge in [-0.05, 0) is 28.1 Å². The molecule has 2 aromatic heterocycles. The molecule has 134 valence electrons. The summed E-state index contributed by atoms with van der Waals surface area (Å²) < 4.78 is 1.51. The molecule has 3 aromatic rings. The first-order valence-corrected chi connectivity index (χ1v) is 9.77. The van der Waals surface area contributed by atoms with Crippen LogP contribution in [-0.4, -0.2) is 61.5 Å². The maximum atomic E-state index is 12.6. The van der Waals surface area contributed by atoms with E-state index < -0.39 is 0 Å². The van der Waals surface area contributed by atoms with E-state index >= 15 is 0 Å². The van der Waals surface area contributed by atoms with Crippen molar-refractivity contribution in [2.24, 2.45) is 0 Å². The first kappa shape index (κ1) is 17.0. The third-order valence-electron chi connectivity index (χ3n) is 4.54. The molecule has 4 rings (SSSR count). The van der Waals surface area contributed by atoms with E-state index in [2.05, 4.69) is 50.0 Å². The molecule has 0 saturated carbocycles. The fraction of sp³-hybridized carbons (Fsp3) is 0.333. The zero-order chi connectivity index (χ0) is 17.8. The van der Waals surface area contributed by atoms with Crippen molar-refractivity contribution in [1.29, 1.82) is 0 Å². The zero-order valence-electron chi connectivity index (χ0n) is 14.3. The lowest BCUT2D eigenvalue weighted by molar-refractivity contribution is 0.0936. The van der Waals surface area contributed by atoms with Crippen molar-refractivity contribution < 1.29 is 4.79 Å². The number of tetrazole rings is 1. The molecule has 1 saturated heterocycles. The first-order valence-electron chi connectivity index (χ1n) is 8.62. The molecule has 1 unspecified atom stereocenters. The Morgan fingerprint density at radius 1 is 1.23 bits per heavy atom. The van der Waals surface area contributed by atoms with Crippen LogP contribution in [0.4, 0.5) is 0 Å². The van der Waals surface area contributed by atoms with Gasteiger partial charge in [-0.15, -0.1) is 5.10 Å². The van der Waals surface area contributed by atoms with Crippen LogP contribution in [0.5, 0.6) is 0 Å². The van der Waals surface area contributed by atoms with E-state index in [-0.39, 0.29) is 5.91 Å². The van der Waals surface area contributed by atoms with Crippen molar-refractivity contribution in [3.63, 3.8) is 0 Å². The van der Waals surface area contributed by atoms with Crippen molar-refractivity contribution >= 4 is 23.3 Å². The van der Waals surface area contributed by atoms with Gasteiger partial charge < -0.3 is 5.32 Å². The molecule has 0 radical (unpaired) electrons. The number of carbonyl (C=O) groups excluding carboxylic acids is 1. The number of thioether (sulfide) groups is 1. The van der Waals surface area contributed by atoms with Crippen molar-refractivity contribution in [1.82, 2.24) is 30.3 Å². The molecule has 1 aliphatic rings. The Kier molecular flexibility index (Phi) is 5.12. The second-order valence-corrected chi connectivity index (χ2v) is 7.41. The molecule has 8 heteroatoms. The Labute approximate surface area is 155 Å². The molecular formula is C18H20N6OS. The maximum absolute atomic E-state index is 12.6. The number of nitrogens with one attached hydrogen (secondary N) is 1. The third kappa shape index (κ3) is 3.71. The highest BCUT2D eigenvalue weighted by Gasteiger charge is 2.24. The van der Waals surface area contributed by atoms with Crippen LogP contribution in [0.15, 0.2) is 48.7 Å². The molecule has 3 heterocycles. The van der Waals surface area contributed by atoms with Crippen molar-refractivity contribution in [2.75, 3.05) is 24.6 Å². The molecule has 1 amide bonds. The molecule has 1 atom stereocenters. The van der Waals surface area contributed by atoms with Gasteiger partial charge in [0.2, 0.25) is 0 Å². The second kappa shape index (κ2) is 7.84. The number of nitrogens with zero attached hydrogens (tertiary/aromatic N) is 5. The number of pyridine rings is 1. The average Bonchev–Trinajstić information content (AvgIpc) is 3.17. The average molecular weight is 368 g/mol. The van der Waals surface area contributed by atoms with Crippen molar-refractivity contribution in [3.05, 3.63) is 59.8 Å². The summed E-state index contributed by atoms with van der Waals surface area (Å²) in [5.74, 6) is 2.01. The zero-order valence-corrected chi connectivity index (χ0v) is 15.1. The van der Waals surface area contributed by atoms with Gasteiger partial charge in [-0.2, -0.15) is 16.3 Å². The normalized spacial score (nSPS) is 18.1. The van der Waals surface area contributed by atoms with Gasteiger partial charge >= 0.3 is 0 Å². The lowest BCUT2D eigenvalue weighted by Gasteiger charge is -2.35. The fourth-order valence-electron chi connectivity index (χ4n) is 3.15. The van der Waals surface area contributed by atoms with Crippen LogP contribution in [0, 0.1) is 0 Å². The molecule has 1 N–H and O–H groups in total. The van der Waals surface area contributed by atoms with Gasteiger partial charge in [0, 0.05) is 43.4 Å². The summed E-state index contributed by atoms with van der Waals surface area (Å²) in [6.45, 7) is 2.55. The molecule has 1 aliphatic heterocycles. The van der Waals surface area contributed by atoms with Gasteiger partial charge in [-0.3, -0.25) is 9.69 Å². The summed E-state index contributed by atoms with van der Waals surface area (Å²) in [6, 6.07) is 14.3. The lowest BCUT2D eigenvalue weighted by Crippen LogP contribution is -2.48. The molecule has 26 heavy (non-hydrogen) atoms. The van der Waals surface area contributed by atoms with E-state index in [1.54, 1.807) is 18.3 Å². The van der Waals surface area contributed by atoms with E-state index in [4.69, 9.17) is 0 Å². The van der Waals surface area contributed by atoms with Crippen LogP contribution in [0.1, 0.15) is 15.9 Å². The van der Waals surface area contributed by atoms with Gasteiger partial charge in [0.15, 0.2) is 5.65 Å². The van der Waals surface area contributed by atoms with Gasteiger partial charge in [-0.1, -0.05) is 30.3 Å². The highest BCUT2D eigenvalue weighted by atomic mass is 32.2. The number of hydrogen-bond acceptors (Lipinski definition) is 6. The molecule has 1 fully saturated rings. The summed E-state index contributed by atoms with van der Waals surface area (Å²) in [4.78, 5) is 15.1. The monoisotopic (exact) mass is 368 g/mol. The molecule has 0 spiro atoms. The molecule has 7 nitrogen and oxygen atoms in total. The molecule has 1 aromatic carbocycles. The number of rotatable bonds is 5. The van der Waals surface area contributed by atoms with Crippen LogP contribution >= 0.6 is 11.8 Å². The highest BCUT2D eigenvalue weighted by Crippen LogP contribution is 2.19. The van der Waals surface area contributed by atoms with Gasteiger partial charge in [0.25, 0.3) is 5.91 Å². The van der Waals surface area contributed by atoms with E-state index in [1.807, 2.05) is 17.8 Å². The van der Waals surface area contributed by atoms with Crippen LogP contribution in [0.25, 0.3) is 5.65 Å². The van der Waals surface area contributed by atoms with Gasteiger partial charge in [-0.25, -0.2) is 0 Å². The topological polar surface area (TPSA) is 75.4 Å². The van der Waals surface area contributed by atoms with E-state index in [0.717, 1.165) is 24.6 Å². The Morgan fingerprint density at radius 2 is 2.12 bits per heavy atom. The summed E-state index contributed by atoms with van der Waals surface area (Å²) in [5, 5.41) is 14.5. The quantitative estimate of drug-likeness (QED) is 0.735.